The Kier molecular flexibility index (Phi) is 2.06. The smallest absolute Gasteiger partial charge is 0.226 e. The molecule has 2 aliphatic heterocycles. The molecule has 0 spiro atoms. The lowest BCUT2D eigenvalue weighted by molar-refractivity contribution is -0.158. The molecule has 1 aliphatic carbocycles. The fourth-order valence-electron chi connectivity index (χ4n) is 2.72. The number of amides is 1. The lowest BCUT2D eigenvalue weighted by Crippen LogP contribution is -2.63. The largest absolute Gasteiger partial charge is 0.336 e. The third kappa shape index (κ3) is 1.17. The highest BCUT2D eigenvalue weighted by atomic mass is 16.2. The summed E-state index contributed by atoms with van der Waals surface area (Å²) in [7, 11) is 0. The number of hydrogen-bond donors (Lipinski definition) is 1. The molecular weight excluding hydrogens is 164 g/mol. The molecular formula is C10H18N2O. The Hall–Kier alpha value is -0.570. The summed E-state index contributed by atoms with van der Waals surface area (Å²) in [5.74, 6) is 1.36. The van der Waals surface area contributed by atoms with E-state index in [2.05, 4.69) is 13.8 Å². The summed E-state index contributed by atoms with van der Waals surface area (Å²) < 4.78 is 0. The van der Waals surface area contributed by atoms with E-state index in [0.717, 1.165) is 12.8 Å². The van der Waals surface area contributed by atoms with Crippen LogP contribution >= 0.6 is 0 Å². The Morgan fingerprint density at radius 2 is 2.15 bits per heavy atom. The molecule has 13 heavy (non-hydrogen) atoms. The van der Waals surface area contributed by atoms with Crippen molar-refractivity contribution < 1.29 is 4.79 Å². The summed E-state index contributed by atoms with van der Waals surface area (Å²) in [6.07, 6.45) is 2.17. The van der Waals surface area contributed by atoms with Gasteiger partial charge in [-0.15, -0.1) is 0 Å². The van der Waals surface area contributed by atoms with Crippen LogP contribution in [0.1, 0.15) is 26.7 Å². The van der Waals surface area contributed by atoms with Crippen LogP contribution in [0.3, 0.4) is 0 Å². The maximum Gasteiger partial charge on any atom is 0.226 e. The molecule has 0 aromatic heterocycles. The number of rotatable bonds is 2. The molecule has 0 aromatic rings. The molecule has 2 heterocycles. The standard InChI is InChI=1S/C10H18N2O/c1-6(2)12-9(5-11)7-3-8(4-7)10(12)13/h6-9H,3-5,11H2,1-2H3. The van der Waals surface area contributed by atoms with Crippen molar-refractivity contribution in [2.24, 2.45) is 17.6 Å². The van der Waals surface area contributed by atoms with Gasteiger partial charge in [-0.1, -0.05) is 0 Å². The second-order valence-corrected chi connectivity index (χ2v) is 4.57. The van der Waals surface area contributed by atoms with Crippen molar-refractivity contribution in [3.05, 3.63) is 0 Å². The molecule has 3 nitrogen and oxygen atoms in total. The number of carbonyl (C=O) groups excluding carboxylic acids is 1. The fourth-order valence-corrected chi connectivity index (χ4v) is 2.72. The minimum atomic E-state index is 0.312. The summed E-state index contributed by atoms with van der Waals surface area (Å²) in [4.78, 5) is 13.8. The number of fused-ring (bicyclic) bond motifs is 2. The van der Waals surface area contributed by atoms with E-state index >= 15 is 0 Å². The Bertz CT molecular complexity index is 221. The van der Waals surface area contributed by atoms with Gasteiger partial charge in [-0.25, -0.2) is 0 Å². The van der Waals surface area contributed by atoms with E-state index in [4.69, 9.17) is 5.73 Å². The van der Waals surface area contributed by atoms with Gasteiger partial charge in [0, 0.05) is 24.5 Å². The van der Waals surface area contributed by atoms with Gasteiger partial charge >= 0.3 is 0 Å². The molecule has 3 fully saturated rings. The van der Waals surface area contributed by atoms with Crippen molar-refractivity contribution in [3.8, 4) is 0 Å². The molecule has 2 bridgehead atoms. The quantitative estimate of drug-likeness (QED) is 0.679. The van der Waals surface area contributed by atoms with E-state index in [1.165, 1.54) is 0 Å². The first-order valence-electron chi connectivity index (χ1n) is 5.17. The summed E-state index contributed by atoms with van der Waals surface area (Å²) >= 11 is 0. The van der Waals surface area contributed by atoms with Crippen molar-refractivity contribution in [1.29, 1.82) is 0 Å². The van der Waals surface area contributed by atoms with Gasteiger partial charge in [-0.3, -0.25) is 4.79 Å². The van der Waals surface area contributed by atoms with Gasteiger partial charge in [0.25, 0.3) is 0 Å². The van der Waals surface area contributed by atoms with E-state index < -0.39 is 0 Å². The van der Waals surface area contributed by atoms with E-state index in [9.17, 15) is 4.79 Å². The van der Waals surface area contributed by atoms with Crippen LogP contribution in [0.15, 0.2) is 0 Å². The topological polar surface area (TPSA) is 46.3 Å². The van der Waals surface area contributed by atoms with Gasteiger partial charge in [0.15, 0.2) is 0 Å². The van der Waals surface area contributed by atoms with Crippen LogP contribution in [0.5, 0.6) is 0 Å². The van der Waals surface area contributed by atoms with Crippen molar-refractivity contribution in [1.82, 2.24) is 4.90 Å². The van der Waals surface area contributed by atoms with E-state index in [0.29, 0.717) is 36.4 Å². The molecule has 3 rings (SSSR count). The van der Waals surface area contributed by atoms with Gasteiger partial charge in [0.2, 0.25) is 5.91 Å². The Labute approximate surface area is 79.3 Å². The molecule has 3 aliphatic rings. The normalized spacial score (nSPS) is 38.0. The van der Waals surface area contributed by atoms with Crippen molar-refractivity contribution in [3.63, 3.8) is 0 Å². The third-order valence-corrected chi connectivity index (χ3v) is 3.48. The average Bonchev–Trinajstić information content (AvgIpc) is 1.99. The van der Waals surface area contributed by atoms with E-state index in [1.807, 2.05) is 4.90 Å². The minimum Gasteiger partial charge on any atom is -0.336 e. The first-order valence-corrected chi connectivity index (χ1v) is 5.17. The van der Waals surface area contributed by atoms with Crippen molar-refractivity contribution >= 4 is 5.91 Å². The molecule has 1 amide bonds. The summed E-state index contributed by atoms with van der Waals surface area (Å²) in [5.41, 5.74) is 5.71. The Morgan fingerprint density at radius 3 is 2.54 bits per heavy atom. The maximum atomic E-state index is 11.8. The third-order valence-electron chi connectivity index (χ3n) is 3.48. The first-order chi connectivity index (χ1) is 6.15. The number of nitrogens with two attached hydrogens (primary N) is 1. The second kappa shape index (κ2) is 2.98. The number of hydrogen-bond acceptors (Lipinski definition) is 2. The number of piperidine rings is 2. The maximum absolute atomic E-state index is 11.8. The van der Waals surface area contributed by atoms with Crippen LogP contribution < -0.4 is 5.73 Å². The highest BCUT2D eigenvalue weighted by molar-refractivity contribution is 5.82. The van der Waals surface area contributed by atoms with Gasteiger partial charge in [-0.05, 0) is 32.6 Å². The summed E-state index contributed by atoms with van der Waals surface area (Å²) in [6, 6.07) is 0.629. The van der Waals surface area contributed by atoms with Crippen LogP contribution in [0.4, 0.5) is 0 Å². The Balaban J connectivity index is 2.17. The Morgan fingerprint density at radius 1 is 1.54 bits per heavy atom. The first kappa shape index (κ1) is 9.00. The minimum absolute atomic E-state index is 0.312. The molecule has 74 valence electrons. The molecule has 1 saturated carbocycles. The van der Waals surface area contributed by atoms with Crippen molar-refractivity contribution in [2.45, 2.75) is 38.8 Å². The lowest BCUT2D eigenvalue weighted by atomic mass is 9.66. The van der Waals surface area contributed by atoms with Crippen LogP contribution in [0.25, 0.3) is 0 Å². The lowest BCUT2D eigenvalue weighted by Gasteiger charge is -2.53. The number of carbonyl (C=O) groups is 1. The molecule has 2 N–H and O–H groups in total. The predicted molar refractivity (Wildman–Crippen MR) is 51.0 cm³/mol. The van der Waals surface area contributed by atoms with Gasteiger partial charge in [-0.2, -0.15) is 0 Å². The van der Waals surface area contributed by atoms with Crippen LogP contribution in [-0.2, 0) is 4.79 Å². The van der Waals surface area contributed by atoms with E-state index in [-0.39, 0.29) is 0 Å². The molecule has 1 atom stereocenters. The van der Waals surface area contributed by atoms with Gasteiger partial charge in [0.05, 0.1) is 0 Å². The zero-order valence-electron chi connectivity index (χ0n) is 8.36. The molecule has 0 aromatic carbocycles. The molecule has 2 saturated heterocycles. The van der Waals surface area contributed by atoms with E-state index in [1.54, 1.807) is 0 Å². The zero-order valence-corrected chi connectivity index (χ0v) is 8.36. The van der Waals surface area contributed by atoms with Gasteiger partial charge < -0.3 is 10.6 Å². The average molecular weight is 182 g/mol. The van der Waals surface area contributed by atoms with Gasteiger partial charge in [0.1, 0.15) is 0 Å². The van der Waals surface area contributed by atoms with Crippen LogP contribution in [-0.4, -0.2) is 29.4 Å². The molecule has 1 unspecified atom stereocenters. The predicted octanol–water partition coefficient (Wildman–Crippen LogP) is 0.590. The van der Waals surface area contributed by atoms with Crippen LogP contribution in [0, 0.1) is 11.8 Å². The monoisotopic (exact) mass is 182 g/mol. The molecule has 3 heteroatoms. The highest BCUT2D eigenvalue weighted by Crippen LogP contribution is 2.44. The summed E-state index contributed by atoms with van der Waals surface area (Å²) in [5, 5.41) is 0. The van der Waals surface area contributed by atoms with Crippen LogP contribution in [0.2, 0.25) is 0 Å². The summed E-state index contributed by atoms with van der Waals surface area (Å²) in [6.45, 7) is 4.78. The zero-order chi connectivity index (χ0) is 9.59. The van der Waals surface area contributed by atoms with Crippen molar-refractivity contribution in [2.75, 3.05) is 6.54 Å². The molecule has 0 radical (unpaired) electrons. The second-order valence-electron chi connectivity index (χ2n) is 4.57. The highest BCUT2D eigenvalue weighted by Gasteiger charge is 2.49. The fraction of sp³-hybridized carbons (Fsp3) is 0.900. The SMILES string of the molecule is CC(C)N1C(=O)C2CC(C2)C1CN. The number of nitrogens with zero attached hydrogens (tertiary/aromatic N) is 1.